The predicted molar refractivity (Wildman–Crippen MR) is 178 cm³/mol. The minimum Gasteiger partial charge on any atom is -0.389 e. The Hall–Kier alpha value is -3.42. The zero-order valence-electron chi connectivity index (χ0n) is 28.1. The third kappa shape index (κ3) is 15.2. The minimum atomic E-state index is -4.36. The average molecular weight is 677 g/mol. The Morgan fingerprint density at radius 3 is 2.25 bits per heavy atom. The van der Waals surface area contributed by atoms with Crippen molar-refractivity contribution in [2.45, 2.75) is 94.7 Å². The number of alkyl halides is 3. The third-order valence-electron chi connectivity index (χ3n) is 8.82. The second-order valence-electron chi connectivity index (χ2n) is 12.9. The van der Waals surface area contributed by atoms with Crippen molar-refractivity contribution in [1.82, 2.24) is 20.4 Å². The summed E-state index contributed by atoms with van der Waals surface area (Å²) in [5, 5.41) is 27.1. The molecule has 0 aliphatic heterocycles. The van der Waals surface area contributed by atoms with Crippen molar-refractivity contribution in [3.63, 3.8) is 0 Å². The molecule has 1 aliphatic carbocycles. The molecule has 2 rings (SSSR count). The number of ketones is 1. The summed E-state index contributed by atoms with van der Waals surface area (Å²) >= 11 is 0. The smallest absolute Gasteiger partial charge is 0.389 e. The number of nitrogens with one attached hydrogen (secondary N) is 2. The number of benzene rings is 1. The van der Waals surface area contributed by atoms with Gasteiger partial charge in [-0.3, -0.25) is 19.3 Å². The summed E-state index contributed by atoms with van der Waals surface area (Å²) in [6, 6.07) is 7.32. The molecule has 1 aliphatic rings. The summed E-state index contributed by atoms with van der Waals surface area (Å²) < 4.78 is 38.2. The van der Waals surface area contributed by atoms with Gasteiger partial charge in [-0.25, -0.2) is 0 Å². The van der Waals surface area contributed by atoms with Crippen LogP contribution in [0.25, 0.3) is 0 Å². The molecular weight excluding hydrogens is 625 g/mol. The molecule has 0 bridgehead atoms. The van der Waals surface area contributed by atoms with Gasteiger partial charge in [0.2, 0.25) is 11.8 Å². The number of hydrogen-bond donors (Lipinski definition) is 4. The maximum atomic E-state index is 13.6. The topological polar surface area (TPSA) is 122 Å². The first-order chi connectivity index (χ1) is 22.7. The maximum absolute atomic E-state index is 13.6. The van der Waals surface area contributed by atoms with Gasteiger partial charge in [-0.15, -0.1) is 24.7 Å². The molecule has 0 spiro atoms. The van der Waals surface area contributed by atoms with Gasteiger partial charge in [0.1, 0.15) is 0 Å². The lowest BCUT2D eigenvalue weighted by Crippen LogP contribution is -2.52. The molecular formula is C36H51F3N4O5. The largest absolute Gasteiger partial charge is 0.401 e. The number of halogens is 3. The van der Waals surface area contributed by atoms with Crippen LogP contribution < -0.4 is 10.6 Å². The number of carbonyl (C=O) groups excluding carboxylic acids is 3. The third-order valence-corrected chi connectivity index (χ3v) is 8.82. The molecule has 0 heterocycles. The van der Waals surface area contributed by atoms with Crippen molar-refractivity contribution < 1.29 is 37.8 Å². The number of likely N-dealkylation sites (N-methyl/N-ethyl adjacent to an activating group) is 2. The van der Waals surface area contributed by atoms with E-state index in [-0.39, 0.29) is 45.3 Å². The number of aliphatic hydroxyl groups is 2. The van der Waals surface area contributed by atoms with E-state index in [1.807, 2.05) is 6.07 Å². The molecule has 5 atom stereocenters. The fraction of sp³-hybridized carbons (Fsp3) is 0.639. The summed E-state index contributed by atoms with van der Waals surface area (Å²) in [5.74, 6) is 2.78. The maximum Gasteiger partial charge on any atom is 0.401 e. The first kappa shape index (κ1) is 40.8. The van der Waals surface area contributed by atoms with Crippen molar-refractivity contribution in [3.05, 3.63) is 35.9 Å². The number of amides is 2. The highest BCUT2D eigenvalue weighted by Gasteiger charge is 2.32. The number of hydrogen-bond acceptors (Lipinski definition) is 7. The van der Waals surface area contributed by atoms with Crippen LogP contribution in [-0.2, 0) is 20.8 Å². The van der Waals surface area contributed by atoms with E-state index in [9.17, 15) is 37.8 Å². The van der Waals surface area contributed by atoms with Crippen LogP contribution in [0.2, 0.25) is 0 Å². The fourth-order valence-corrected chi connectivity index (χ4v) is 6.00. The quantitative estimate of drug-likeness (QED) is 0.157. The van der Waals surface area contributed by atoms with Crippen LogP contribution in [0.15, 0.2) is 30.3 Å². The highest BCUT2D eigenvalue weighted by Crippen LogP contribution is 2.28. The Balaban J connectivity index is 2.13. The van der Waals surface area contributed by atoms with Crippen molar-refractivity contribution in [2.24, 2.45) is 11.8 Å². The van der Waals surface area contributed by atoms with E-state index in [0.717, 1.165) is 42.6 Å². The molecule has 1 aromatic carbocycles. The Morgan fingerprint density at radius 2 is 1.65 bits per heavy atom. The number of rotatable bonds is 20. The number of aliphatic hydroxyl groups excluding tert-OH is 2. The molecule has 2 amide bonds. The lowest BCUT2D eigenvalue weighted by Gasteiger charge is -2.32. The predicted octanol–water partition coefficient (Wildman–Crippen LogP) is 2.94. The van der Waals surface area contributed by atoms with Gasteiger partial charge in [0.15, 0.2) is 5.78 Å². The second-order valence-corrected chi connectivity index (χ2v) is 12.9. The van der Waals surface area contributed by atoms with E-state index in [1.165, 1.54) is 19.0 Å². The molecule has 0 aromatic heterocycles. The van der Waals surface area contributed by atoms with Gasteiger partial charge in [-0.05, 0) is 31.4 Å². The summed E-state index contributed by atoms with van der Waals surface area (Å²) in [6.45, 7) is -1.34. The number of nitrogens with zero attached hydrogens (tertiary/aromatic N) is 2. The normalized spacial score (nSPS) is 17.0. The number of terminal acetylenes is 2. The molecule has 48 heavy (non-hydrogen) atoms. The zero-order valence-corrected chi connectivity index (χ0v) is 28.1. The molecule has 4 N–H and O–H groups in total. The van der Waals surface area contributed by atoms with E-state index < -0.39 is 60.5 Å². The summed E-state index contributed by atoms with van der Waals surface area (Å²) in [5.41, 5.74) is 0.782. The van der Waals surface area contributed by atoms with Crippen molar-refractivity contribution >= 4 is 17.6 Å². The summed E-state index contributed by atoms with van der Waals surface area (Å²) in [7, 11) is 2.78. The SMILES string of the molecule is C#CC[C@H](NC(=O)C(CC(=O)N(C)CCN(C)CC(F)(F)F)Cc1ccccc1)C(=O)CN[C@@H](CC1CCCCC1)[C@@H](O)[C@@H](O)CC#C. The molecule has 1 saturated carbocycles. The molecule has 266 valence electrons. The number of Topliss-reactive ketones (excluding diaryl/α,β-unsaturated/α-hetero) is 1. The van der Waals surface area contributed by atoms with Crippen LogP contribution in [0, 0.1) is 36.5 Å². The Morgan fingerprint density at radius 1 is 1.00 bits per heavy atom. The van der Waals surface area contributed by atoms with Crippen LogP contribution in [0.1, 0.15) is 63.4 Å². The summed E-state index contributed by atoms with van der Waals surface area (Å²) in [6.07, 6.45) is 9.76. The van der Waals surface area contributed by atoms with E-state index in [4.69, 9.17) is 12.8 Å². The van der Waals surface area contributed by atoms with Crippen LogP contribution in [-0.4, -0.2) is 108 Å². The van der Waals surface area contributed by atoms with E-state index in [0.29, 0.717) is 12.3 Å². The van der Waals surface area contributed by atoms with E-state index >= 15 is 0 Å². The molecule has 1 unspecified atom stereocenters. The molecule has 0 saturated heterocycles. The lowest BCUT2D eigenvalue weighted by molar-refractivity contribution is -0.144. The number of carbonyl (C=O) groups is 3. The highest BCUT2D eigenvalue weighted by atomic mass is 19.4. The average Bonchev–Trinajstić information content (AvgIpc) is 3.04. The van der Waals surface area contributed by atoms with Gasteiger partial charge >= 0.3 is 6.18 Å². The van der Waals surface area contributed by atoms with Crippen LogP contribution in [0.3, 0.4) is 0 Å². The van der Waals surface area contributed by atoms with Crippen molar-refractivity contribution in [1.29, 1.82) is 0 Å². The molecule has 1 aromatic rings. The second kappa shape index (κ2) is 20.8. The minimum absolute atomic E-state index is 0.0146. The van der Waals surface area contributed by atoms with Gasteiger partial charge in [-0.1, -0.05) is 62.4 Å². The summed E-state index contributed by atoms with van der Waals surface area (Å²) in [4.78, 5) is 42.6. The standard InChI is InChI=1S/C36H51F3N4O5/c1-5-13-29(32(45)24-40-30(34(47)31(44)14-6-2)22-27-17-11-8-12-18-27)41-35(48)28(21-26-15-9-7-10-16-26)23-33(46)43(4)20-19-42(3)25-36(37,38)39/h1-2,7,9-10,15-16,27-31,34,40,44,47H,8,11-14,17-25H2,3-4H3,(H,41,48)/t28?,29-,30-,31-,34+/m0/s1. The van der Waals surface area contributed by atoms with E-state index in [1.54, 1.807) is 24.3 Å². The molecule has 12 heteroatoms. The first-order valence-corrected chi connectivity index (χ1v) is 16.6. The van der Waals surface area contributed by atoms with E-state index in [2.05, 4.69) is 22.5 Å². The van der Waals surface area contributed by atoms with Crippen molar-refractivity contribution in [2.75, 3.05) is 40.3 Å². The Kier molecular flexibility index (Phi) is 17.7. The van der Waals surface area contributed by atoms with Crippen molar-refractivity contribution in [3.8, 4) is 24.7 Å². The first-order valence-electron chi connectivity index (χ1n) is 16.6. The van der Waals surface area contributed by atoms with Gasteiger partial charge < -0.3 is 25.7 Å². The Labute approximate surface area is 283 Å². The fourth-order valence-electron chi connectivity index (χ4n) is 6.00. The van der Waals surface area contributed by atoms with Crippen LogP contribution in [0.4, 0.5) is 13.2 Å². The molecule has 0 radical (unpaired) electrons. The van der Waals surface area contributed by atoms with Gasteiger partial charge in [-0.2, -0.15) is 13.2 Å². The molecule has 1 fully saturated rings. The van der Waals surface area contributed by atoms with Gasteiger partial charge in [0.25, 0.3) is 0 Å². The Bertz CT molecular complexity index is 1230. The molecule has 9 nitrogen and oxygen atoms in total. The van der Waals surface area contributed by atoms with Crippen LogP contribution in [0.5, 0.6) is 0 Å². The van der Waals surface area contributed by atoms with Gasteiger partial charge in [0.05, 0.1) is 37.3 Å². The lowest BCUT2D eigenvalue weighted by atomic mass is 9.83. The monoisotopic (exact) mass is 676 g/mol. The van der Waals surface area contributed by atoms with Crippen LogP contribution >= 0.6 is 0 Å². The zero-order chi connectivity index (χ0) is 35.7. The highest BCUT2D eigenvalue weighted by molar-refractivity contribution is 5.92. The van der Waals surface area contributed by atoms with Gasteiger partial charge in [0, 0.05) is 45.4 Å².